The van der Waals surface area contributed by atoms with Crippen LogP contribution in [0.2, 0.25) is 0 Å². The lowest BCUT2D eigenvalue weighted by Crippen LogP contribution is -1.91. The first-order chi connectivity index (χ1) is 10.9. The molecule has 0 nitrogen and oxygen atoms in total. The summed E-state index contributed by atoms with van der Waals surface area (Å²) in [5, 5.41) is 0. The zero-order valence-corrected chi connectivity index (χ0v) is 14.1. The Morgan fingerprint density at radius 1 is 0.682 bits per heavy atom. The van der Waals surface area contributed by atoms with E-state index >= 15 is 0 Å². The zero-order chi connectivity index (χ0) is 15.0. The van der Waals surface area contributed by atoms with Gasteiger partial charge < -0.3 is 0 Å². The molecule has 120 valence electrons. The van der Waals surface area contributed by atoms with E-state index in [1.165, 1.54) is 77.0 Å². The molecule has 2 saturated carbocycles. The van der Waals surface area contributed by atoms with Crippen molar-refractivity contribution in [3.8, 4) is 0 Å². The van der Waals surface area contributed by atoms with Gasteiger partial charge in [-0.1, -0.05) is 86.9 Å². The number of hydrogen-bond donors (Lipinski definition) is 0. The summed E-state index contributed by atoms with van der Waals surface area (Å²) in [4.78, 5) is 0. The van der Waals surface area contributed by atoms with Crippen LogP contribution in [-0.2, 0) is 0 Å². The second-order valence-electron chi connectivity index (χ2n) is 7.42. The summed E-state index contributed by atoms with van der Waals surface area (Å²) < 4.78 is 0. The van der Waals surface area contributed by atoms with Crippen molar-refractivity contribution in [1.82, 2.24) is 0 Å². The minimum Gasteiger partial charge on any atom is -0.0816 e. The van der Waals surface area contributed by atoms with Crippen LogP contribution in [0.25, 0.3) is 0 Å². The highest BCUT2D eigenvalue weighted by molar-refractivity contribution is 5.29. The predicted octanol–water partition coefficient (Wildman–Crippen LogP) is 7.02. The topological polar surface area (TPSA) is 0 Å². The first kappa shape index (κ1) is 15.8. The average molecular weight is 296 g/mol. The molecule has 2 atom stereocenters. The molecule has 0 radical (unpaired) electrons. The fourth-order valence-electron chi connectivity index (χ4n) is 4.02. The molecular formula is C22H32. The van der Waals surface area contributed by atoms with Gasteiger partial charge in [-0.3, -0.25) is 0 Å². The monoisotopic (exact) mass is 296 g/mol. The fraction of sp³-hybridized carbons (Fsp3) is 0.636. The Balaban J connectivity index is 1.54. The highest BCUT2D eigenvalue weighted by atomic mass is 14.4. The Bertz CT molecular complexity index is 442. The van der Waals surface area contributed by atoms with E-state index in [4.69, 9.17) is 0 Å². The molecule has 1 aromatic rings. The van der Waals surface area contributed by atoms with Gasteiger partial charge in [-0.15, -0.1) is 0 Å². The van der Waals surface area contributed by atoms with Crippen molar-refractivity contribution < 1.29 is 0 Å². The molecule has 0 heteroatoms. The largest absolute Gasteiger partial charge is 0.0816 e. The molecule has 0 heterocycles. The molecule has 3 rings (SSSR count). The lowest BCUT2D eigenvalue weighted by molar-refractivity contribution is 0.539. The van der Waals surface area contributed by atoms with Gasteiger partial charge in [0.2, 0.25) is 0 Å². The van der Waals surface area contributed by atoms with Crippen LogP contribution in [0.5, 0.6) is 0 Å². The third-order valence-electron chi connectivity index (χ3n) is 5.51. The van der Waals surface area contributed by atoms with Gasteiger partial charge in [-0.2, -0.15) is 0 Å². The van der Waals surface area contributed by atoms with E-state index in [2.05, 4.69) is 36.4 Å². The minimum atomic E-state index is 0.815. The SMILES string of the molecule is C(=C1CCCCCCCCCCC1)[C@@H]1C[C@@H]1c1ccccc1. The molecule has 1 aromatic carbocycles. The quantitative estimate of drug-likeness (QED) is 0.514. The summed E-state index contributed by atoms with van der Waals surface area (Å²) in [6, 6.07) is 11.1. The maximum atomic E-state index is 2.67. The van der Waals surface area contributed by atoms with Crippen molar-refractivity contribution in [2.24, 2.45) is 5.92 Å². The Hall–Kier alpha value is -1.04. The van der Waals surface area contributed by atoms with E-state index in [9.17, 15) is 0 Å². The van der Waals surface area contributed by atoms with Gasteiger partial charge in [0, 0.05) is 0 Å². The van der Waals surface area contributed by atoms with Gasteiger partial charge in [0.15, 0.2) is 0 Å². The Kier molecular flexibility index (Phi) is 6.16. The maximum Gasteiger partial charge on any atom is -0.00929 e. The Labute approximate surface area is 137 Å². The van der Waals surface area contributed by atoms with Crippen molar-refractivity contribution in [3.05, 3.63) is 47.5 Å². The summed E-state index contributed by atoms with van der Waals surface area (Å²) in [6.07, 6.45) is 19.9. The Morgan fingerprint density at radius 2 is 1.23 bits per heavy atom. The molecule has 0 N–H and O–H groups in total. The maximum absolute atomic E-state index is 2.67. The van der Waals surface area contributed by atoms with Crippen LogP contribution in [0.4, 0.5) is 0 Å². The molecule has 0 spiro atoms. The molecule has 2 fully saturated rings. The Morgan fingerprint density at radius 3 is 1.82 bits per heavy atom. The molecule has 0 aromatic heterocycles. The third-order valence-corrected chi connectivity index (χ3v) is 5.51. The van der Waals surface area contributed by atoms with Gasteiger partial charge >= 0.3 is 0 Å². The van der Waals surface area contributed by atoms with Crippen molar-refractivity contribution in [2.75, 3.05) is 0 Å². The van der Waals surface area contributed by atoms with Crippen LogP contribution < -0.4 is 0 Å². The van der Waals surface area contributed by atoms with Crippen LogP contribution >= 0.6 is 0 Å². The number of benzene rings is 1. The standard InChI is InChI=1S/C22H32/c1-2-4-6-9-13-19(14-10-7-5-3-1)17-21-18-22(21)20-15-11-8-12-16-20/h8,11-12,15-17,21-22H,1-7,9-10,13-14,18H2/t21-,22-/m1/s1. The average Bonchev–Trinajstić information content (AvgIpc) is 3.30. The summed E-state index contributed by atoms with van der Waals surface area (Å²) in [7, 11) is 0. The van der Waals surface area contributed by atoms with Crippen molar-refractivity contribution in [3.63, 3.8) is 0 Å². The van der Waals surface area contributed by atoms with Gasteiger partial charge in [0.05, 0.1) is 0 Å². The predicted molar refractivity (Wildman–Crippen MR) is 96.2 cm³/mol. The van der Waals surface area contributed by atoms with Crippen LogP contribution in [0.1, 0.15) is 88.5 Å². The second kappa shape index (κ2) is 8.56. The molecule has 0 amide bonds. The van der Waals surface area contributed by atoms with Gasteiger partial charge in [0.25, 0.3) is 0 Å². The van der Waals surface area contributed by atoms with E-state index in [1.54, 1.807) is 11.1 Å². The van der Waals surface area contributed by atoms with Crippen LogP contribution in [0.3, 0.4) is 0 Å². The highest BCUT2D eigenvalue weighted by Crippen LogP contribution is 2.49. The summed E-state index contributed by atoms with van der Waals surface area (Å²) in [5.74, 6) is 1.65. The van der Waals surface area contributed by atoms with Crippen LogP contribution in [-0.4, -0.2) is 0 Å². The normalized spacial score (nSPS) is 27.5. The fourth-order valence-corrected chi connectivity index (χ4v) is 4.02. The summed E-state index contributed by atoms with van der Waals surface area (Å²) in [6.45, 7) is 0. The van der Waals surface area contributed by atoms with Crippen LogP contribution in [0, 0.1) is 5.92 Å². The smallest absolute Gasteiger partial charge is 0.00929 e. The first-order valence-corrected chi connectivity index (χ1v) is 9.68. The van der Waals surface area contributed by atoms with Crippen molar-refractivity contribution in [2.45, 2.75) is 83.0 Å². The third kappa shape index (κ3) is 5.00. The first-order valence-electron chi connectivity index (χ1n) is 9.68. The lowest BCUT2D eigenvalue weighted by Gasteiger charge is -2.10. The van der Waals surface area contributed by atoms with E-state index in [-0.39, 0.29) is 0 Å². The number of allylic oxidation sites excluding steroid dienone is 2. The summed E-state index contributed by atoms with van der Waals surface area (Å²) >= 11 is 0. The molecular weight excluding hydrogens is 264 g/mol. The number of hydrogen-bond acceptors (Lipinski definition) is 0. The zero-order valence-electron chi connectivity index (χ0n) is 14.1. The molecule has 0 saturated heterocycles. The second-order valence-corrected chi connectivity index (χ2v) is 7.42. The van der Waals surface area contributed by atoms with Crippen LogP contribution in [0.15, 0.2) is 42.0 Å². The highest BCUT2D eigenvalue weighted by Gasteiger charge is 2.36. The van der Waals surface area contributed by atoms with E-state index < -0.39 is 0 Å². The minimum absolute atomic E-state index is 0.815. The van der Waals surface area contributed by atoms with E-state index in [0.717, 1.165) is 11.8 Å². The molecule has 0 aliphatic heterocycles. The van der Waals surface area contributed by atoms with E-state index in [1.807, 2.05) is 0 Å². The van der Waals surface area contributed by atoms with Crippen molar-refractivity contribution in [1.29, 1.82) is 0 Å². The molecule has 2 aliphatic rings. The molecule has 2 aliphatic carbocycles. The van der Waals surface area contributed by atoms with Crippen molar-refractivity contribution >= 4 is 0 Å². The number of rotatable bonds is 2. The molecule has 0 unspecified atom stereocenters. The summed E-state index contributed by atoms with van der Waals surface area (Å²) in [5.41, 5.74) is 3.33. The molecule has 0 bridgehead atoms. The van der Waals surface area contributed by atoms with Gasteiger partial charge in [-0.05, 0) is 49.5 Å². The van der Waals surface area contributed by atoms with Gasteiger partial charge in [0.1, 0.15) is 0 Å². The molecule has 22 heavy (non-hydrogen) atoms. The van der Waals surface area contributed by atoms with Gasteiger partial charge in [-0.25, -0.2) is 0 Å². The van der Waals surface area contributed by atoms with E-state index in [0.29, 0.717) is 0 Å². The lowest BCUT2D eigenvalue weighted by atomic mass is 9.96.